The van der Waals surface area contributed by atoms with Gasteiger partial charge in [0.2, 0.25) is 0 Å². The number of rotatable bonds is 9. The largest absolute Gasteiger partial charge is 0.796 e. The first-order valence-corrected chi connectivity index (χ1v) is 10.3. The summed E-state index contributed by atoms with van der Waals surface area (Å²) in [6.07, 6.45) is 17.2. The fourth-order valence-electron chi connectivity index (χ4n) is 3.11. The van der Waals surface area contributed by atoms with Gasteiger partial charge in [0.1, 0.15) is 5.76 Å². The van der Waals surface area contributed by atoms with Crippen molar-refractivity contribution in [2.24, 2.45) is 0 Å². The highest BCUT2D eigenvalue weighted by Gasteiger charge is 2.18. The summed E-state index contributed by atoms with van der Waals surface area (Å²) in [5.41, 5.74) is 3.38. The Kier molecular flexibility index (Phi) is 7.24. The second-order valence-corrected chi connectivity index (χ2v) is 7.12. The number of benzene rings is 2. The van der Waals surface area contributed by atoms with E-state index in [4.69, 9.17) is 0 Å². The summed E-state index contributed by atoms with van der Waals surface area (Å²) in [4.78, 5) is 20.3. The lowest BCUT2D eigenvalue weighted by Gasteiger charge is -2.04. The highest BCUT2D eigenvalue weighted by atomic mass is 19.2. The third-order valence-corrected chi connectivity index (χ3v) is 4.78. The number of allylic oxidation sites excluding steroid dienone is 3. The minimum atomic E-state index is -3.05. The maximum Gasteiger partial charge on any atom is 0.796 e. The van der Waals surface area contributed by atoms with Crippen molar-refractivity contribution in [1.29, 1.82) is 0 Å². The summed E-state index contributed by atoms with van der Waals surface area (Å²) in [5, 5.41) is 0. The molecule has 9 heteroatoms. The number of imidazole rings is 2. The van der Waals surface area contributed by atoms with E-state index in [0.29, 0.717) is 0 Å². The van der Waals surface area contributed by atoms with Gasteiger partial charge in [0, 0.05) is 42.2 Å². The summed E-state index contributed by atoms with van der Waals surface area (Å²) in [6, 6.07) is 14.8. The maximum absolute atomic E-state index is 12.8. The van der Waals surface area contributed by atoms with E-state index in [1.165, 1.54) is 12.2 Å². The first kappa shape index (κ1) is 22.7. The van der Waals surface area contributed by atoms with Crippen LogP contribution in [0.25, 0.3) is 23.5 Å². The van der Waals surface area contributed by atoms with Crippen LogP contribution in [0.2, 0.25) is 0 Å². The normalized spacial score (nSPS) is 11.9. The average Bonchev–Trinajstić information content (AvgIpc) is 3.56. The van der Waals surface area contributed by atoms with Gasteiger partial charge in [0.15, 0.2) is 5.78 Å². The second-order valence-electron chi connectivity index (χ2n) is 7.12. The van der Waals surface area contributed by atoms with Crippen LogP contribution in [0.5, 0.6) is 0 Å². The van der Waals surface area contributed by atoms with Crippen LogP contribution in [0.4, 0.5) is 8.63 Å². The van der Waals surface area contributed by atoms with Crippen LogP contribution >= 0.6 is 0 Å². The molecule has 2 aromatic heterocycles. The Labute approximate surface area is 195 Å². The van der Waals surface area contributed by atoms with E-state index in [1.807, 2.05) is 70.1 Å². The Hall–Kier alpha value is -4.53. The van der Waals surface area contributed by atoms with Gasteiger partial charge in [0.05, 0.1) is 12.7 Å². The second kappa shape index (κ2) is 10.9. The molecule has 0 N–H and O–H groups in total. The molecule has 0 fully saturated rings. The van der Waals surface area contributed by atoms with Gasteiger partial charge in [-0.3, -0.25) is 4.79 Å². The molecule has 0 aliphatic rings. The van der Waals surface area contributed by atoms with E-state index >= 15 is 0 Å². The molecular weight excluding hydrogens is 437 g/mol. The lowest BCUT2D eigenvalue weighted by molar-refractivity contribution is -0.110. The van der Waals surface area contributed by atoms with Gasteiger partial charge < -0.3 is 13.8 Å². The summed E-state index contributed by atoms with van der Waals surface area (Å²) in [7, 11) is -3.05. The molecule has 0 aliphatic heterocycles. The molecule has 34 heavy (non-hydrogen) atoms. The van der Waals surface area contributed by atoms with Gasteiger partial charge in [-0.25, -0.2) is 18.6 Å². The first-order chi connectivity index (χ1) is 16.6. The molecule has 0 bridgehead atoms. The van der Waals surface area contributed by atoms with E-state index in [-0.39, 0.29) is 5.76 Å². The van der Waals surface area contributed by atoms with Gasteiger partial charge in [-0.2, -0.15) is 0 Å². The molecule has 2 heterocycles. The molecule has 0 saturated carbocycles. The van der Waals surface area contributed by atoms with Gasteiger partial charge >= 0.3 is 7.47 Å². The molecule has 6 nitrogen and oxygen atoms in total. The third kappa shape index (κ3) is 6.26. The predicted molar refractivity (Wildman–Crippen MR) is 127 cm³/mol. The van der Waals surface area contributed by atoms with Crippen molar-refractivity contribution in [2.45, 2.75) is 0 Å². The molecule has 0 amide bonds. The number of hydrogen-bond acceptors (Lipinski definition) is 4. The van der Waals surface area contributed by atoms with E-state index in [0.717, 1.165) is 28.6 Å². The third-order valence-electron chi connectivity index (χ3n) is 4.78. The van der Waals surface area contributed by atoms with Crippen molar-refractivity contribution in [3.8, 4) is 11.4 Å². The number of ketones is 1. The number of hydrogen-bond donors (Lipinski definition) is 0. The minimum Gasteiger partial charge on any atom is -0.505 e. The molecule has 4 rings (SSSR count). The van der Waals surface area contributed by atoms with Crippen molar-refractivity contribution >= 4 is 25.4 Å². The molecule has 0 saturated heterocycles. The number of carbonyl (C=O) groups excluding carboxylic acids is 1. The monoisotopic (exact) mass is 456 g/mol. The van der Waals surface area contributed by atoms with Crippen LogP contribution in [0.15, 0.2) is 110 Å². The SMILES string of the molecule is O=C(/C=C(/C=C/c1ccc(-n2ccnc2)cc1)OB(F)F)/C=C/c1ccc(-n2ccnc2)cc1. The zero-order valence-corrected chi connectivity index (χ0v) is 17.9. The summed E-state index contributed by atoms with van der Waals surface area (Å²) >= 11 is 0. The first-order valence-electron chi connectivity index (χ1n) is 10.3. The van der Waals surface area contributed by atoms with Gasteiger partial charge in [-0.1, -0.05) is 36.4 Å². The number of aromatic nitrogens is 4. The predicted octanol–water partition coefficient (Wildman–Crippen LogP) is 5.18. The molecule has 0 radical (unpaired) electrons. The molecule has 0 unspecified atom stereocenters. The highest BCUT2D eigenvalue weighted by Crippen LogP contribution is 2.14. The molecule has 2 aromatic carbocycles. The maximum atomic E-state index is 12.8. The molecular formula is C25H19BF2N4O2. The zero-order valence-electron chi connectivity index (χ0n) is 17.9. The van der Waals surface area contributed by atoms with Gasteiger partial charge in [0.25, 0.3) is 0 Å². The summed E-state index contributed by atoms with van der Waals surface area (Å²) in [6.45, 7) is 0. The number of carbonyl (C=O) groups is 1. The zero-order chi connectivity index (χ0) is 23.8. The quantitative estimate of drug-likeness (QED) is 0.151. The van der Waals surface area contributed by atoms with Gasteiger partial charge in [-0.15, -0.1) is 0 Å². The van der Waals surface area contributed by atoms with Crippen molar-refractivity contribution < 1.29 is 18.1 Å². The summed E-state index contributed by atoms with van der Waals surface area (Å²) in [5.74, 6) is -0.715. The van der Waals surface area contributed by atoms with Crippen LogP contribution in [-0.2, 0) is 9.45 Å². The Morgan fingerprint density at radius 2 is 1.29 bits per heavy atom. The smallest absolute Gasteiger partial charge is 0.505 e. The Morgan fingerprint density at radius 3 is 1.74 bits per heavy atom. The Morgan fingerprint density at radius 1 is 0.794 bits per heavy atom. The fourth-order valence-corrected chi connectivity index (χ4v) is 3.11. The topological polar surface area (TPSA) is 61.9 Å². The Bertz CT molecular complexity index is 1300. The molecule has 0 aliphatic carbocycles. The Balaban J connectivity index is 1.43. The van der Waals surface area contributed by atoms with Crippen LogP contribution in [-0.4, -0.2) is 32.4 Å². The van der Waals surface area contributed by atoms with Crippen molar-refractivity contribution in [2.75, 3.05) is 0 Å². The van der Waals surface area contributed by atoms with Crippen molar-refractivity contribution in [1.82, 2.24) is 19.1 Å². The molecule has 4 aromatic rings. The van der Waals surface area contributed by atoms with Crippen LogP contribution < -0.4 is 0 Å². The van der Waals surface area contributed by atoms with E-state index in [2.05, 4.69) is 14.6 Å². The van der Waals surface area contributed by atoms with Crippen LogP contribution in [0, 0.1) is 0 Å². The van der Waals surface area contributed by atoms with Crippen LogP contribution in [0.3, 0.4) is 0 Å². The summed E-state index contributed by atoms with van der Waals surface area (Å²) < 4.78 is 33.9. The van der Waals surface area contributed by atoms with Crippen molar-refractivity contribution in [3.63, 3.8) is 0 Å². The lowest BCUT2D eigenvalue weighted by Crippen LogP contribution is -2.04. The molecule has 168 valence electrons. The van der Waals surface area contributed by atoms with E-state index < -0.39 is 13.3 Å². The van der Waals surface area contributed by atoms with E-state index in [9.17, 15) is 13.4 Å². The van der Waals surface area contributed by atoms with Crippen LogP contribution in [0.1, 0.15) is 11.1 Å². The molecule has 0 atom stereocenters. The van der Waals surface area contributed by atoms with Gasteiger partial charge in [-0.05, 0) is 47.5 Å². The van der Waals surface area contributed by atoms with E-state index in [1.54, 1.807) is 37.2 Å². The average molecular weight is 456 g/mol. The standard InChI is InChI=1S/C25H19BF2N4O2/c27-26(28)34-25(12-6-21-3-9-23(10-4-21)32-16-14-30-19-32)17-24(33)11-5-20-1-7-22(8-2-20)31-15-13-29-18-31/h1-19H/b11-5+,12-6+,25-17-. The minimum absolute atomic E-state index is 0.237. The lowest BCUT2D eigenvalue weighted by atomic mass is 10.1. The van der Waals surface area contributed by atoms with Crippen molar-refractivity contribution in [3.05, 3.63) is 121 Å². The number of halogens is 2. The number of nitrogens with zero attached hydrogens (tertiary/aromatic N) is 4. The molecule has 0 spiro atoms. The fraction of sp³-hybridized carbons (Fsp3) is 0. The highest BCUT2D eigenvalue weighted by molar-refractivity contribution is 6.35.